The second-order valence-electron chi connectivity index (χ2n) is 20.0. The van der Waals surface area contributed by atoms with Gasteiger partial charge in [-0.15, -0.1) is 0 Å². The number of fused-ring (bicyclic) bond motifs is 4. The number of pyridine rings is 2. The van der Waals surface area contributed by atoms with Gasteiger partial charge in [0, 0.05) is 74.8 Å². The van der Waals surface area contributed by atoms with E-state index in [0.29, 0.717) is 116 Å². The highest BCUT2D eigenvalue weighted by molar-refractivity contribution is 6.62. The summed E-state index contributed by atoms with van der Waals surface area (Å²) in [7, 11) is 2.70. The first kappa shape index (κ1) is 55.3. The molecule has 7 saturated heterocycles. The Balaban J connectivity index is 0.000000142. The van der Waals surface area contributed by atoms with Gasteiger partial charge in [0.15, 0.2) is 11.6 Å². The monoisotopic (exact) mass is 1090 g/mol. The van der Waals surface area contributed by atoms with Gasteiger partial charge >= 0.3 is 7.12 Å². The van der Waals surface area contributed by atoms with Gasteiger partial charge in [0.2, 0.25) is 29.1 Å². The third-order valence-corrected chi connectivity index (χ3v) is 14.0. The van der Waals surface area contributed by atoms with E-state index in [4.69, 9.17) is 60.0 Å². The fraction of sp³-hybridized carbons (Fsp3) is 0.638. The predicted molar refractivity (Wildman–Crippen MR) is 273 cm³/mol. The van der Waals surface area contributed by atoms with Crippen molar-refractivity contribution in [2.24, 2.45) is 4.99 Å². The van der Waals surface area contributed by atoms with Crippen molar-refractivity contribution in [3.8, 4) is 11.4 Å². The number of nitrogens with zero attached hydrogens (tertiary/aromatic N) is 14. The molecule has 29 heteroatoms. The predicted octanol–water partition coefficient (Wildman–Crippen LogP) is 3.40. The Morgan fingerprint density at radius 2 is 1.08 bits per heavy atom. The van der Waals surface area contributed by atoms with Crippen molar-refractivity contribution >= 4 is 65.9 Å². The minimum Gasteiger partial charge on any atom is -0.399 e. The third-order valence-electron chi connectivity index (χ3n) is 13.9. The van der Waals surface area contributed by atoms with Crippen molar-refractivity contribution < 1.29 is 55.3 Å². The van der Waals surface area contributed by atoms with Crippen molar-refractivity contribution in [3.63, 3.8) is 0 Å². The molecule has 0 saturated carbocycles. The summed E-state index contributed by atoms with van der Waals surface area (Å²) >= 11 is 6.14. The number of anilines is 5. The molecule has 11 heterocycles. The first-order chi connectivity index (χ1) is 36.4. The van der Waals surface area contributed by atoms with Gasteiger partial charge in [-0.3, -0.25) is 0 Å². The molecule has 0 aliphatic carbocycles. The first-order valence-corrected chi connectivity index (χ1v) is 25.4. The van der Waals surface area contributed by atoms with Crippen LogP contribution in [0.4, 0.5) is 53.0 Å². The molecule has 11 rings (SSSR count). The number of aliphatic imine (C=N–C) groups is 1. The van der Waals surface area contributed by atoms with E-state index in [0.717, 1.165) is 19.2 Å². The lowest BCUT2D eigenvalue weighted by Crippen LogP contribution is -2.60. The minimum absolute atomic E-state index is 0.0154. The fourth-order valence-corrected chi connectivity index (χ4v) is 9.37. The maximum atomic E-state index is 13.8. The fourth-order valence-electron chi connectivity index (χ4n) is 9.22. The molecule has 412 valence electrons. The molecular formula is C47H63BClF4N15O8. The molecule has 4 aromatic heterocycles. The summed E-state index contributed by atoms with van der Waals surface area (Å²) in [6, 6.07) is 2.58. The van der Waals surface area contributed by atoms with Crippen LogP contribution in [-0.2, 0) is 37.7 Å². The van der Waals surface area contributed by atoms with Crippen LogP contribution >= 0.6 is 11.6 Å². The summed E-state index contributed by atoms with van der Waals surface area (Å²) in [5.41, 5.74) is 4.38. The Hall–Kier alpha value is -5.46. The molecule has 7 aliphatic heterocycles. The maximum Gasteiger partial charge on any atom is 0.496 e. The molecule has 4 bridgehead atoms. The van der Waals surface area contributed by atoms with Crippen molar-refractivity contribution in [2.75, 3.05) is 145 Å². The van der Waals surface area contributed by atoms with E-state index in [1.165, 1.54) is 24.8 Å². The number of rotatable bonds is 10. The zero-order chi connectivity index (χ0) is 53.7. The van der Waals surface area contributed by atoms with Gasteiger partial charge in [0.1, 0.15) is 5.82 Å². The first-order valence-electron chi connectivity index (χ1n) is 25.0. The van der Waals surface area contributed by atoms with Gasteiger partial charge in [-0.05, 0) is 51.4 Å². The summed E-state index contributed by atoms with van der Waals surface area (Å²) in [6.07, 6.45) is -1.26. The van der Waals surface area contributed by atoms with Crippen molar-refractivity contribution in [2.45, 2.75) is 75.9 Å². The number of aromatic nitrogens is 8. The number of alkyl halides is 4. The van der Waals surface area contributed by atoms with Gasteiger partial charge < -0.3 is 68.0 Å². The molecule has 0 atom stereocenters. The van der Waals surface area contributed by atoms with Crippen molar-refractivity contribution in [1.82, 2.24) is 44.8 Å². The Morgan fingerprint density at radius 1 is 0.632 bits per heavy atom. The number of hydrogen-bond donors (Lipinski definition) is 1. The number of ether oxygens (including phenoxy) is 6. The average Bonchev–Trinajstić information content (AvgIpc) is 3.66. The topological polar surface area (TPSA) is 232 Å². The van der Waals surface area contributed by atoms with Gasteiger partial charge in [-0.25, -0.2) is 32.5 Å². The van der Waals surface area contributed by atoms with Crippen LogP contribution in [0.3, 0.4) is 0 Å². The quantitative estimate of drug-likeness (QED) is 0.104. The maximum absolute atomic E-state index is 13.8. The Morgan fingerprint density at radius 3 is 1.55 bits per heavy atom. The number of nitrogens with two attached hydrogens (primary N) is 1. The highest BCUT2D eigenvalue weighted by atomic mass is 35.5. The molecule has 2 N–H and O–H groups in total. The molecule has 76 heavy (non-hydrogen) atoms. The Kier molecular flexibility index (Phi) is 17.5. The second-order valence-corrected chi connectivity index (χ2v) is 20.3. The van der Waals surface area contributed by atoms with Crippen LogP contribution in [0.1, 0.15) is 51.7 Å². The van der Waals surface area contributed by atoms with E-state index in [9.17, 15) is 17.6 Å². The Labute approximate surface area is 442 Å². The molecular weight excluding hydrogens is 1020 g/mol. The summed E-state index contributed by atoms with van der Waals surface area (Å²) in [5, 5.41) is 0.219. The van der Waals surface area contributed by atoms with Crippen LogP contribution in [0.15, 0.2) is 29.5 Å². The zero-order valence-corrected chi connectivity index (χ0v) is 44.0. The molecule has 0 unspecified atom stereocenters. The molecule has 0 radical (unpaired) electrons. The standard InChI is InChI=1S/C19H23F2N7O3.C15H22BF2N3O2.C13H18ClN5O3/c20-16(21)13-5-15(22)23-6-14(13)17-24-18(27-1-3-29-4-2-27)26-19(25-17)28-11-7-30-9-12(28)10-31-8-11;1-14(2)15(3,4)23-16(22-14)11-8-19-12(20-9-21(5)6)7-10(11)13(17)18;14-11-15-12(18-1-3-20-4-2-18)17-13(16-11)19-9-5-21-7-10(19)8-22-6-9/h5-6,11-12,16H,1-4,7-10H2,(H2,22,23);7-9,13H,1-6H3;9-10H,1-8H2. The molecule has 7 aliphatic rings. The lowest BCUT2D eigenvalue weighted by atomic mass is 9.77. The van der Waals surface area contributed by atoms with Gasteiger partial charge in [0.05, 0.1) is 121 Å². The van der Waals surface area contributed by atoms with Gasteiger partial charge in [-0.2, -0.15) is 29.9 Å². The lowest BCUT2D eigenvalue weighted by Gasteiger charge is -2.45. The molecule has 0 amide bonds. The van der Waals surface area contributed by atoms with E-state index in [2.05, 4.69) is 54.6 Å². The lowest BCUT2D eigenvalue weighted by molar-refractivity contribution is -0.0355. The average molecular weight is 1090 g/mol. The number of morpholine rings is 6. The minimum atomic E-state index is -2.75. The Bertz CT molecular complexity index is 2590. The highest BCUT2D eigenvalue weighted by Gasteiger charge is 2.53. The van der Waals surface area contributed by atoms with E-state index in [-0.39, 0.29) is 69.1 Å². The van der Waals surface area contributed by atoms with Crippen LogP contribution < -0.4 is 30.8 Å². The molecule has 0 spiro atoms. The number of nitrogen functional groups attached to an aromatic ring is 1. The molecule has 23 nitrogen and oxygen atoms in total. The van der Waals surface area contributed by atoms with E-state index < -0.39 is 31.2 Å². The third kappa shape index (κ3) is 12.8. The van der Waals surface area contributed by atoms with E-state index in [1.807, 2.05) is 32.6 Å². The van der Waals surface area contributed by atoms with Crippen LogP contribution in [0.25, 0.3) is 11.4 Å². The number of hydrogen-bond acceptors (Lipinski definition) is 22. The van der Waals surface area contributed by atoms with E-state index in [1.54, 1.807) is 19.0 Å². The van der Waals surface area contributed by atoms with Crippen molar-refractivity contribution in [1.29, 1.82) is 0 Å². The second kappa shape index (κ2) is 24.1. The molecule has 7 fully saturated rings. The summed E-state index contributed by atoms with van der Waals surface area (Å²) in [6.45, 7) is 17.1. The van der Waals surface area contributed by atoms with Gasteiger partial charge in [-0.1, -0.05) is 0 Å². The zero-order valence-electron chi connectivity index (χ0n) is 43.2. The van der Waals surface area contributed by atoms with Crippen molar-refractivity contribution in [3.05, 3.63) is 40.9 Å². The van der Waals surface area contributed by atoms with Crippen LogP contribution in [-0.4, -0.2) is 213 Å². The summed E-state index contributed by atoms with van der Waals surface area (Å²) < 4.78 is 99.5. The van der Waals surface area contributed by atoms with Crippen LogP contribution in [0, 0.1) is 0 Å². The highest BCUT2D eigenvalue weighted by Crippen LogP contribution is 2.38. The normalized spacial score (nSPS) is 24.1. The molecule has 4 aromatic rings. The van der Waals surface area contributed by atoms with E-state index >= 15 is 0 Å². The van der Waals surface area contributed by atoms with Crippen LogP contribution in [0.5, 0.6) is 0 Å². The van der Waals surface area contributed by atoms with Crippen LogP contribution in [0.2, 0.25) is 5.28 Å². The number of halogens is 5. The summed E-state index contributed by atoms with van der Waals surface area (Å²) in [5.74, 6) is 2.44. The van der Waals surface area contributed by atoms with Gasteiger partial charge in [0.25, 0.3) is 12.9 Å². The summed E-state index contributed by atoms with van der Waals surface area (Å²) in [4.78, 5) is 49.2. The SMILES string of the molecule is CN(C)C=Nc1cc(C(F)F)c(B2OC(C)(C)C(C)(C)O2)cn1.Clc1nc(N2CCOCC2)nc(N2C3COCC2COC3)n1.Nc1cc(C(F)F)c(-c2nc(N3CCOCC3)nc(N3C4COCC3COC4)n2)cn1. The largest absolute Gasteiger partial charge is 0.496 e. The molecule has 0 aromatic carbocycles. The smallest absolute Gasteiger partial charge is 0.399 e.